The molecule has 0 bridgehead atoms. The molecule has 0 unspecified atom stereocenters. The van der Waals surface area contributed by atoms with E-state index in [-0.39, 0.29) is 11.4 Å². The van der Waals surface area contributed by atoms with Crippen LogP contribution >= 0.6 is 0 Å². The molecular formula is C13H20FN3O. The average Bonchev–Trinajstić information content (AvgIpc) is 2.34. The van der Waals surface area contributed by atoms with Crippen molar-refractivity contribution in [1.82, 2.24) is 0 Å². The molecule has 100 valence electrons. The minimum Gasteiger partial charge on any atom is -0.384 e. The Morgan fingerprint density at radius 2 is 2.17 bits per heavy atom. The molecule has 1 aromatic carbocycles. The number of anilines is 1. The van der Waals surface area contributed by atoms with Gasteiger partial charge in [-0.15, -0.1) is 0 Å². The van der Waals surface area contributed by atoms with Crippen LogP contribution in [0.3, 0.4) is 0 Å². The van der Waals surface area contributed by atoms with Gasteiger partial charge in [0.15, 0.2) is 0 Å². The van der Waals surface area contributed by atoms with Crippen molar-refractivity contribution in [1.29, 1.82) is 5.41 Å². The highest BCUT2D eigenvalue weighted by atomic mass is 19.1. The zero-order chi connectivity index (χ0) is 13.5. The minimum absolute atomic E-state index is 0.163. The molecule has 0 saturated heterocycles. The maximum atomic E-state index is 13.7. The molecule has 18 heavy (non-hydrogen) atoms. The first-order chi connectivity index (χ1) is 8.61. The maximum absolute atomic E-state index is 13.7. The van der Waals surface area contributed by atoms with Gasteiger partial charge in [0.05, 0.1) is 17.9 Å². The fraction of sp³-hybridized carbons (Fsp3) is 0.462. The largest absolute Gasteiger partial charge is 0.384 e. The lowest BCUT2D eigenvalue weighted by atomic mass is 10.1. The van der Waals surface area contributed by atoms with E-state index >= 15 is 0 Å². The maximum Gasteiger partial charge on any atom is 0.136 e. The molecule has 0 fully saturated rings. The van der Waals surface area contributed by atoms with Crippen LogP contribution in [0.2, 0.25) is 0 Å². The van der Waals surface area contributed by atoms with Crippen molar-refractivity contribution in [3.05, 3.63) is 29.6 Å². The van der Waals surface area contributed by atoms with E-state index in [9.17, 15) is 4.39 Å². The summed E-state index contributed by atoms with van der Waals surface area (Å²) in [5.41, 5.74) is 6.25. The SMILES string of the molecule is CCOCCN(CC)c1cccc(F)c1C(=N)N. The Morgan fingerprint density at radius 1 is 1.44 bits per heavy atom. The van der Waals surface area contributed by atoms with Crippen LogP contribution < -0.4 is 10.6 Å². The molecule has 1 rings (SSSR count). The van der Waals surface area contributed by atoms with Gasteiger partial charge in [-0.25, -0.2) is 4.39 Å². The van der Waals surface area contributed by atoms with Gasteiger partial charge in [-0.1, -0.05) is 6.07 Å². The summed E-state index contributed by atoms with van der Waals surface area (Å²) in [5, 5.41) is 7.48. The number of nitrogen functional groups attached to an aromatic ring is 1. The normalized spacial score (nSPS) is 10.4. The summed E-state index contributed by atoms with van der Waals surface area (Å²) in [5.74, 6) is -0.715. The number of nitrogens with two attached hydrogens (primary N) is 1. The van der Waals surface area contributed by atoms with Crippen LogP contribution in [0.4, 0.5) is 10.1 Å². The molecule has 0 radical (unpaired) electrons. The molecule has 0 saturated carbocycles. The zero-order valence-corrected chi connectivity index (χ0v) is 10.9. The van der Waals surface area contributed by atoms with E-state index in [4.69, 9.17) is 15.9 Å². The van der Waals surface area contributed by atoms with Crippen LogP contribution in [0, 0.1) is 11.2 Å². The summed E-state index contributed by atoms with van der Waals surface area (Å²) in [6.45, 7) is 6.48. The van der Waals surface area contributed by atoms with E-state index < -0.39 is 5.82 Å². The highest BCUT2D eigenvalue weighted by Gasteiger charge is 2.15. The Balaban J connectivity index is 2.98. The second kappa shape index (κ2) is 6.96. The number of hydrogen-bond acceptors (Lipinski definition) is 3. The number of ether oxygens (including phenoxy) is 1. The lowest BCUT2D eigenvalue weighted by Crippen LogP contribution is -2.30. The van der Waals surface area contributed by atoms with Crippen molar-refractivity contribution < 1.29 is 9.13 Å². The van der Waals surface area contributed by atoms with E-state index in [1.807, 2.05) is 18.7 Å². The lowest BCUT2D eigenvalue weighted by Gasteiger charge is -2.25. The Labute approximate surface area is 107 Å². The Morgan fingerprint density at radius 3 is 2.72 bits per heavy atom. The quantitative estimate of drug-likeness (QED) is 0.443. The number of amidine groups is 1. The summed E-state index contributed by atoms with van der Waals surface area (Å²) in [6.07, 6.45) is 0. The molecule has 0 atom stereocenters. The molecule has 3 N–H and O–H groups in total. The first-order valence-electron chi connectivity index (χ1n) is 6.07. The van der Waals surface area contributed by atoms with Crippen LogP contribution in [0.1, 0.15) is 19.4 Å². The Kier molecular flexibility index (Phi) is 5.58. The van der Waals surface area contributed by atoms with Gasteiger partial charge in [-0.3, -0.25) is 5.41 Å². The number of likely N-dealkylation sites (N-methyl/N-ethyl adjacent to an activating group) is 1. The van der Waals surface area contributed by atoms with Crippen LogP contribution in [0.25, 0.3) is 0 Å². The molecule has 4 nitrogen and oxygen atoms in total. The zero-order valence-electron chi connectivity index (χ0n) is 10.9. The predicted octanol–water partition coefficient (Wildman–Crippen LogP) is 1.97. The molecule has 0 aliphatic rings. The Hall–Kier alpha value is -1.62. The van der Waals surface area contributed by atoms with Gasteiger partial charge in [-0.2, -0.15) is 0 Å². The molecule has 0 aliphatic heterocycles. The van der Waals surface area contributed by atoms with Crippen molar-refractivity contribution in [2.45, 2.75) is 13.8 Å². The molecule has 0 aromatic heterocycles. The lowest BCUT2D eigenvalue weighted by molar-refractivity contribution is 0.154. The third-order valence-electron chi connectivity index (χ3n) is 2.69. The number of nitrogens with one attached hydrogen (secondary N) is 1. The summed E-state index contributed by atoms with van der Waals surface area (Å²) in [6, 6.07) is 4.71. The molecule has 0 spiro atoms. The second-order valence-electron chi connectivity index (χ2n) is 3.82. The molecule has 0 heterocycles. The smallest absolute Gasteiger partial charge is 0.136 e. The van der Waals surface area contributed by atoms with E-state index in [1.54, 1.807) is 12.1 Å². The summed E-state index contributed by atoms with van der Waals surface area (Å²) < 4.78 is 19.0. The fourth-order valence-corrected chi connectivity index (χ4v) is 1.81. The highest BCUT2D eigenvalue weighted by Crippen LogP contribution is 2.22. The van der Waals surface area contributed by atoms with Crippen LogP contribution in [-0.2, 0) is 4.74 Å². The third-order valence-corrected chi connectivity index (χ3v) is 2.69. The van der Waals surface area contributed by atoms with Gasteiger partial charge in [0, 0.05) is 19.7 Å². The third kappa shape index (κ3) is 3.43. The van der Waals surface area contributed by atoms with Gasteiger partial charge < -0.3 is 15.4 Å². The number of benzene rings is 1. The monoisotopic (exact) mass is 253 g/mol. The standard InChI is InChI=1S/C13H20FN3O/c1-3-17(8-9-18-4-2)11-7-5-6-10(14)12(11)13(15)16/h5-7H,3-4,8-9H2,1-2H3,(H3,15,16). The number of rotatable bonds is 7. The van der Waals surface area contributed by atoms with Gasteiger partial charge in [0.1, 0.15) is 11.7 Å². The molecule has 0 aliphatic carbocycles. The highest BCUT2D eigenvalue weighted by molar-refractivity contribution is 6.00. The van der Waals surface area contributed by atoms with E-state index in [0.29, 0.717) is 32.0 Å². The van der Waals surface area contributed by atoms with E-state index in [0.717, 1.165) is 0 Å². The van der Waals surface area contributed by atoms with E-state index in [2.05, 4.69) is 0 Å². The second-order valence-corrected chi connectivity index (χ2v) is 3.82. The molecule has 1 aromatic rings. The van der Waals surface area contributed by atoms with Gasteiger partial charge >= 0.3 is 0 Å². The van der Waals surface area contributed by atoms with Gasteiger partial charge in [0.2, 0.25) is 0 Å². The first kappa shape index (κ1) is 14.4. The number of hydrogen-bond donors (Lipinski definition) is 2. The van der Waals surface area contributed by atoms with Crippen molar-refractivity contribution in [3.63, 3.8) is 0 Å². The van der Waals surface area contributed by atoms with Crippen molar-refractivity contribution in [2.24, 2.45) is 5.73 Å². The van der Waals surface area contributed by atoms with Crippen molar-refractivity contribution >= 4 is 11.5 Å². The number of halogens is 1. The van der Waals surface area contributed by atoms with E-state index in [1.165, 1.54) is 6.07 Å². The molecule has 5 heteroatoms. The van der Waals surface area contributed by atoms with Crippen LogP contribution in [0.15, 0.2) is 18.2 Å². The van der Waals surface area contributed by atoms with Crippen molar-refractivity contribution in [3.8, 4) is 0 Å². The van der Waals surface area contributed by atoms with Crippen LogP contribution in [0.5, 0.6) is 0 Å². The Bertz CT molecular complexity index is 409. The average molecular weight is 253 g/mol. The minimum atomic E-state index is -0.463. The molecule has 0 amide bonds. The topological polar surface area (TPSA) is 62.3 Å². The summed E-state index contributed by atoms with van der Waals surface area (Å²) in [7, 11) is 0. The van der Waals surface area contributed by atoms with Gasteiger partial charge in [0.25, 0.3) is 0 Å². The predicted molar refractivity (Wildman–Crippen MR) is 71.8 cm³/mol. The first-order valence-corrected chi connectivity index (χ1v) is 6.07. The van der Waals surface area contributed by atoms with Crippen molar-refractivity contribution in [2.75, 3.05) is 31.2 Å². The van der Waals surface area contributed by atoms with Crippen LogP contribution in [-0.4, -0.2) is 32.1 Å². The summed E-state index contributed by atoms with van der Waals surface area (Å²) >= 11 is 0. The fourth-order valence-electron chi connectivity index (χ4n) is 1.81. The number of nitrogens with zero attached hydrogens (tertiary/aromatic N) is 1. The molecular weight excluding hydrogens is 233 g/mol. The van der Waals surface area contributed by atoms with Gasteiger partial charge in [-0.05, 0) is 26.0 Å². The summed E-state index contributed by atoms with van der Waals surface area (Å²) in [4.78, 5) is 1.95.